The van der Waals surface area contributed by atoms with Gasteiger partial charge in [0.15, 0.2) is 0 Å². The molecule has 1 aliphatic rings. The zero-order valence-corrected chi connectivity index (χ0v) is 16.3. The number of aliphatic hydroxyl groups is 1. The van der Waals surface area contributed by atoms with Crippen molar-refractivity contribution >= 4 is 21.6 Å². The van der Waals surface area contributed by atoms with E-state index in [1.165, 1.54) is 42.5 Å². The quantitative estimate of drug-likeness (QED) is 0.711. The fourth-order valence-electron chi connectivity index (χ4n) is 3.29. The van der Waals surface area contributed by atoms with E-state index in [9.17, 15) is 22.7 Å². The lowest BCUT2D eigenvalue weighted by molar-refractivity contribution is 0.102. The van der Waals surface area contributed by atoms with Crippen LogP contribution in [0, 0.1) is 12.7 Å². The number of carbonyl (C=O) groups is 1. The summed E-state index contributed by atoms with van der Waals surface area (Å²) in [6, 6.07) is 9.60. The lowest BCUT2D eigenvalue weighted by Gasteiger charge is -2.26. The van der Waals surface area contributed by atoms with E-state index in [1.54, 1.807) is 6.92 Å². The number of aliphatic hydroxyl groups excluding tert-OH is 1. The molecule has 1 fully saturated rings. The Bertz CT molecular complexity index is 978. The molecule has 2 aromatic rings. The van der Waals surface area contributed by atoms with Crippen LogP contribution in [0.1, 0.15) is 41.6 Å². The Hall–Kier alpha value is -2.29. The van der Waals surface area contributed by atoms with Gasteiger partial charge in [-0.15, -0.1) is 0 Å². The van der Waals surface area contributed by atoms with Crippen LogP contribution in [0.25, 0.3) is 0 Å². The van der Waals surface area contributed by atoms with Crippen LogP contribution >= 0.6 is 0 Å². The molecule has 150 valence electrons. The molecule has 0 aromatic heterocycles. The number of hydrogen-bond acceptors (Lipinski definition) is 4. The van der Waals surface area contributed by atoms with Crippen molar-refractivity contribution in [2.24, 2.45) is 0 Å². The number of carbonyl (C=O) groups excluding carboxylic acids is 1. The molecule has 3 N–H and O–H groups in total. The first-order valence-corrected chi connectivity index (χ1v) is 10.6. The smallest absolute Gasteiger partial charge is 0.255 e. The summed E-state index contributed by atoms with van der Waals surface area (Å²) in [5.41, 5.74) is 0.994. The molecule has 0 bridgehead atoms. The molecule has 1 saturated carbocycles. The van der Waals surface area contributed by atoms with Gasteiger partial charge in [0.05, 0.1) is 11.0 Å². The summed E-state index contributed by atoms with van der Waals surface area (Å²) < 4.78 is 41.3. The Morgan fingerprint density at radius 1 is 1.18 bits per heavy atom. The van der Waals surface area contributed by atoms with Gasteiger partial charge in [-0.3, -0.25) is 4.79 Å². The third kappa shape index (κ3) is 4.95. The van der Waals surface area contributed by atoms with Gasteiger partial charge in [-0.25, -0.2) is 17.5 Å². The van der Waals surface area contributed by atoms with Gasteiger partial charge in [-0.1, -0.05) is 6.07 Å². The van der Waals surface area contributed by atoms with Crippen molar-refractivity contribution in [2.75, 3.05) is 5.32 Å². The number of anilines is 1. The summed E-state index contributed by atoms with van der Waals surface area (Å²) >= 11 is 0. The number of sulfonamides is 1. The molecule has 6 nitrogen and oxygen atoms in total. The predicted octanol–water partition coefficient (Wildman–Crippen LogP) is 2.97. The molecule has 2 aromatic carbocycles. The highest BCUT2D eigenvalue weighted by Crippen LogP contribution is 2.21. The number of halogens is 1. The van der Waals surface area contributed by atoms with Gasteiger partial charge in [0, 0.05) is 17.3 Å². The molecule has 28 heavy (non-hydrogen) atoms. The molecule has 0 heterocycles. The fourth-order valence-corrected chi connectivity index (χ4v) is 4.62. The topological polar surface area (TPSA) is 95.5 Å². The SMILES string of the molecule is Cc1cc(NC(=O)c2cccc(S(=O)(=O)N[C@@H]3CCC[C@H](O)C3)c2)ccc1F. The van der Waals surface area contributed by atoms with Crippen molar-refractivity contribution in [1.29, 1.82) is 0 Å². The predicted molar refractivity (Wildman–Crippen MR) is 104 cm³/mol. The standard InChI is InChI=1S/C20H23FN2O4S/c1-13-10-15(8-9-19(13)21)22-20(25)14-4-2-7-18(11-14)28(26,27)23-16-5-3-6-17(24)12-16/h2,4,7-11,16-17,23-24H,3,5-6,12H2,1H3,(H,22,25)/t16-,17+/m1/s1. The highest BCUT2D eigenvalue weighted by Gasteiger charge is 2.26. The van der Waals surface area contributed by atoms with Crippen LogP contribution in [0.2, 0.25) is 0 Å². The molecule has 2 atom stereocenters. The second-order valence-corrected chi connectivity index (χ2v) is 8.80. The van der Waals surface area contributed by atoms with E-state index in [0.29, 0.717) is 30.5 Å². The van der Waals surface area contributed by atoms with E-state index in [4.69, 9.17) is 0 Å². The highest BCUT2D eigenvalue weighted by atomic mass is 32.2. The van der Waals surface area contributed by atoms with Crippen LogP contribution < -0.4 is 10.0 Å². The van der Waals surface area contributed by atoms with Crippen LogP contribution in [-0.4, -0.2) is 31.6 Å². The minimum absolute atomic E-state index is 0.0181. The first-order valence-electron chi connectivity index (χ1n) is 9.12. The fraction of sp³-hybridized carbons (Fsp3) is 0.350. The molecule has 0 radical (unpaired) electrons. The summed E-state index contributed by atoms with van der Waals surface area (Å²) in [5, 5.41) is 12.4. The third-order valence-corrected chi connectivity index (χ3v) is 6.31. The van der Waals surface area contributed by atoms with Crippen molar-refractivity contribution in [3.8, 4) is 0 Å². The Morgan fingerprint density at radius 3 is 2.68 bits per heavy atom. The first-order chi connectivity index (χ1) is 13.2. The van der Waals surface area contributed by atoms with E-state index in [0.717, 1.165) is 6.42 Å². The molecule has 8 heteroatoms. The number of rotatable bonds is 5. The zero-order valence-electron chi connectivity index (χ0n) is 15.5. The Balaban J connectivity index is 1.75. The molecule has 0 saturated heterocycles. The average molecular weight is 406 g/mol. The van der Waals surface area contributed by atoms with E-state index >= 15 is 0 Å². The van der Waals surface area contributed by atoms with Crippen LogP contribution in [0.3, 0.4) is 0 Å². The van der Waals surface area contributed by atoms with Gasteiger partial charge in [0.1, 0.15) is 5.82 Å². The second kappa shape index (κ2) is 8.38. The van der Waals surface area contributed by atoms with Gasteiger partial charge >= 0.3 is 0 Å². The Morgan fingerprint density at radius 2 is 1.96 bits per heavy atom. The maximum atomic E-state index is 13.4. The lowest BCUT2D eigenvalue weighted by atomic mass is 9.94. The summed E-state index contributed by atoms with van der Waals surface area (Å²) in [6.45, 7) is 1.59. The molecular formula is C20H23FN2O4S. The summed E-state index contributed by atoms with van der Waals surface area (Å²) in [4.78, 5) is 12.5. The number of benzene rings is 2. The maximum Gasteiger partial charge on any atom is 0.255 e. The van der Waals surface area contributed by atoms with E-state index < -0.39 is 22.0 Å². The summed E-state index contributed by atoms with van der Waals surface area (Å²) in [7, 11) is -3.82. The normalized spacial score (nSPS) is 20.0. The summed E-state index contributed by atoms with van der Waals surface area (Å²) in [6.07, 6.45) is 1.98. The minimum Gasteiger partial charge on any atom is -0.393 e. The monoisotopic (exact) mass is 406 g/mol. The van der Waals surface area contributed by atoms with E-state index in [-0.39, 0.29) is 22.3 Å². The highest BCUT2D eigenvalue weighted by molar-refractivity contribution is 7.89. The molecule has 3 rings (SSSR count). The van der Waals surface area contributed by atoms with Crippen LogP contribution in [0.5, 0.6) is 0 Å². The van der Waals surface area contributed by atoms with Crippen LogP contribution in [-0.2, 0) is 10.0 Å². The van der Waals surface area contributed by atoms with Crippen molar-refractivity contribution in [1.82, 2.24) is 4.72 Å². The van der Waals surface area contributed by atoms with Crippen molar-refractivity contribution < 1.29 is 22.7 Å². The number of amides is 1. The van der Waals surface area contributed by atoms with Crippen LogP contribution in [0.15, 0.2) is 47.4 Å². The molecule has 0 unspecified atom stereocenters. The molecule has 0 spiro atoms. The number of hydrogen-bond donors (Lipinski definition) is 3. The van der Waals surface area contributed by atoms with Crippen molar-refractivity contribution in [2.45, 2.75) is 49.6 Å². The number of aryl methyl sites for hydroxylation is 1. The minimum atomic E-state index is -3.82. The zero-order chi connectivity index (χ0) is 20.3. The largest absolute Gasteiger partial charge is 0.393 e. The van der Waals surface area contributed by atoms with Gasteiger partial charge in [-0.2, -0.15) is 0 Å². The Labute approximate surface area is 163 Å². The molecular weight excluding hydrogens is 383 g/mol. The van der Waals surface area contributed by atoms with Gasteiger partial charge in [0.2, 0.25) is 10.0 Å². The second-order valence-electron chi connectivity index (χ2n) is 7.08. The van der Waals surface area contributed by atoms with E-state index in [1.807, 2.05) is 0 Å². The average Bonchev–Trinajstić information content (AvgIpc) is 2.64. The van der Waals surface area contributed by atoms with Crippen molar-refractivity contribution in [3.63, 3.8) is 0 Å². The van der Waals surface area contributed by atoms with Gasteiger partial charge < -0.3 is 10.4 Å². The van der Waals surface area contributed by atoms with Gasteiger partial charge in [0.25, 0.3) is 5.91 Å². The van der Waals surface area contributed by atoms with Gasteiger partial charge in [-0.05, 0) is 74.6 Å². The molecule has 1 aliphatic carbocycles. The Kier molecular flexibility index (Phi) is 6.12. The van der Waals surface area contributed by atoms with E-state index in [2.05, 4.69) is 10.0 Å². The van der Waals surface area contributed by atoms with Crippen LogP contribution in [0.4, 0.5) is 10.1 Å². The lowest BCUT2D eigenvalue weighted by Crippen LogP contribution is -2.39. The number of nitrogens with one attached hydrogen (secondary N) is 2. The first kappa shape index (κ1) is 20.4. The molecule has 1 amide bonds. The summed E-state index contributed by atoms with van der Waals surface area (Å²) in [5.74, 6) is -0.860. The maximum absolute atomic E-state index is 13.4. The molecule has 0 aliphatic heterocycles. The van der Waals surface area contributed by atoms with Crippen molar-refractivity contribution in [3.05, 3.63) is 59.4 Å². The third-order valence-electron chi connectivity index (χ3n) is 4.79.